The number of nitrogens with two attached hydrogens (primary N) is 1. The third kappa shape index (κ3) is 3.88. The van der Waals surface area contributed by atoms with Crippen LogP contribution in [0.1, 0.15) is 21.5 Å². The van der Waals surface area contributed by atoms with Crippen LogP contribution in [-0.2, 0) is 13.1 Å². The second kappa shape index (κ2) is 6.63. The van der Waals surface area contributed by atoms with Crippen molar-refractivity contribution in [3.05, 3.63) is 69.4 Å². The van der Waals surface area contributed by atoms with Gasteiger partial charge in [-0.3, -0.25) is 4.79 Å². The minimum Gasteiger partial charge on any atom is -0.348 e. The van der Waals surface area contributed by atoms with Crippen molar-refractivity contribution in [2.24, 2.45) is 5.73 Å². The average molecular weight is 337 g/mol. The Labute approximate surface area is 125 Å². The Hall–Kier alpha value is -1.72. The molecular formula is C15H14BrFN2O. The van der Waals surface area contributed by atoms with Gasteiger partial charge < -0.3 is 11.1 Å². The van der Waals surface area contributed by atoms with E-state index in [0.717, 1.165) is 11.1 Å². The van der Waals surface area contributed by atoms with E-state index in [1.165, 1.54) is 12.1 Å². The topological polar surface area (TPSA) is 55.1 Å². The minimum absolute atomic E-state index is 0.287. The molecule has 0 heterocycles. The molecule has 0 radical (unpaired) electrons. The van der Waals surface area contributed by atoms with Crippen molar-refractivity contribution in [3.63, 3.8) is 0 Å². The van der Waals surface area contributed by atoms with Crippen LogP contribution in [0.15, 0.2) is 46.9 Å². The number of carbonyl (C=O) groups is 1. The zero-order valence-corrected chi connectivity index (χ0v) is 12.3. The van der Waals surface area contributed by atoms with Crippen molar-refractivity contribution >= 4 is 21.8 Å². The monoisotopic (exact) mass is 336 g/mol. The summed E-state index contributed by atoms with van der Waals surface area (Å²) in [6.45, 7) is 0.877. The van der Waals surface area contributed by atoms with Gasteiger partial charge in [-0.1, -0.05) is 40.2 Å². The zero-order chi connectivity index (χ0) is 14.5. The summed E-state index contributed by atoms with van der Waals surface area (Å²) in [5.41, 5.74) is 7.80. The summed E-state index contributed by atoms with van der Waals surface area (Å²) in [5.74, 6) is -0.759. The van der Waals surface area contributed by atoms with E-state index in [-0.39, 0.29) is 11.5 Å². The van der Waals surface area contributed by atoms with Gasteiger partial charge in [-0.15, -0.1) is 0 Å². The fourth-order valence-corrected chi connectivity index (χ4v) is 2.23. The maximum absolute atomic E-state index is 13.2. The highest BCUT2D eigenvalue weighted by Crippen LogP contribution is 2.15. The van der Waals surface area contributed by atoms with Crippen LogP contribution in [0.3, 0.4) is 0 Å². The Balaban J connectivity index is 2.00. The van der Waals surface area contributed by atoms with Crippen LogP contribution in [0.5, 0.6) is 0 Å². The van der Waals surface area contributed by atoms with Gasteiger partial charge in [0.25, 0.3) is 5.91 Å². The molecule has 0 bridgehead atoms. The number of halogens is 2. The molecule has 0 saturated heterocycles. The zero-order valence-electron chi connectivity index (χ0n) is 10.7. The Morgan fingerprint density at radius 3 is 2.40 bits per heavy atom. The lowest BCUT2D eigenvalue weighted by Crippen LogP contribution is -2.22. The lowest BCUT2D eigenvalue weighted by molar-refractivity contribution is 0.0950. The molecule has 1 amide bonds. The minimum atomic E-state index is -0.447. The molecule has 0 saturated carbocycles. The molecule has 0 spiro atoms. The van der Waals surface area contributed by atoms with Crippen molar-refractivity contribution < 1.29 is 9.18 Å². The van der Waals surface area contributed by atoms with Crippen molar-refractivity contribution in [1.82, 2.24) is 5.32 Å². The molecule has 2 aromatic rings. The maximum atomic E-state index is 13.2. The van der Waals surface area contributed by atoms with Crippen LogP contribution in [0.25, 0.3) is 0 Å². The van der Waals surface area contributed by atoms with Gasteiger partial charge >= 0.3 is 0 Å². The molecule has 3 nitrogen and oxygen atoms in total. The maximum Gasteiger partial charge on any atom is 0.251 e. The second-order valence-corrected chi connectivity index (χ2v) is 5.28. The van der Waals surface area contributed by atoms with Crippen molar-refractivity contribution in [2.75, 3.05) is 0 Å². The number of hydrogen-bond acceptors (Lipinski definition) is 2. The van der Waals surface area contributed by atoms with Gasteiger partial charge in [-0.25, -0.2) is 4.39 Å². The van der Waals surface area contributed by atoms with Gasteiger partial charge in [0.2, 0.25) is 0 Å². The van der Waals surface area contributed by atoms with E-state index in [4.69, 9.17) is 5.73 Å². The standard InChI is InChI=1S/C15H14BrFN2O/c16-13-5-12(6-14(17)7-13)15(20)19-9-11-3-1-10(8-18)2-4-11/h1-7H,8-9,18H2,(H,19,20). The predicted octanol–water partition coefficient (Wildman–Crippen LogP) is 2.98. The SMILES string of the molecule is NCc1ccc(CNC(=O)c2cc(F)cc(Br)c2)cc1. The van der Waals surface area contributed by atoms with E-state index in [2.05, 4.69) is 21.2 Å². The summed E-state index contributed by atoms with van der Waals surface area (Å²) >= 11 is 3.16. The van der Waals surface area contributed by atoms with Crippen molar-refractivity contribution in [2.45, 2.75) is 13.1 Å². The largest absolute Gasteiger partial charge is 0.348 e. The molecule has 2 aromatic carbocycles. The smallest absolute Gasteiger partial charge is 0.251 e. The summed E-state index contributed by atoms with van der Waals surface area (Å²) in [6, 6.07) is 11.7. The van der Waals surface area contributed by atoms with E-state index in [0.29, 0.717) is 17.6 Å². The lowest BCUT2D eigenvalue weighted by Gasteiger charge is -2.07. The quantitative estimate of drug-likeness (QED) is 0.901. The fourth-order valence-electron chi connectivity index (χ4n) is 1.76. The molecule has 2 rings (SSSR count). The second-order valence-electron chi connectivity index (χ2n) is 4.36. The fraction of sp³-hybridized carbons (Fsp3) is 0.133. The molecule has 3 N–H and O–H groups in total. The average Bonchev–Trinajstić information content (AvgIpc) is 2.44. The number of benzene rings is 2. The molecule has 0 atom stereocenters. The third-order valence-corrected chi connectivity index (χ3v) is 3.29. The van der Waals surface area contributed by atoms with Gasteiger partial charge in [-0.2, -0.15) is 0 Å². The van der Waals surface area contributed by atoms with Gasteiger partial charge in [0.1, 0.15) is 5.82 Å². The summed E-state index contributed by atoms with van der Waals surface area (Å²) in [4.78, 5) is 11.9. The molecule has 0 aliphatic heterocycles. The van der Waals surface area contributed by atoms with Crippen molar-refractivity contribution in [3.8, 4) is 0 Å². The highest BCUT2D eigenvalue weighted by molar-refractivity contribution is 9.10. The Kier molecular flexibility index (Phi) is 4.87. The Morgan fingerprint density at radius 1 is 1.15 bits per heavy atom. The van der Waals surface area contributed by atoms with E-state index in [9.17, 15) is 9.18 Å². The summed E-state index contributed by atoms with van der Waals surface area (Å²) < 4.78 is 13.8. The summed E-state index contributed by atoms with van der Waals surface area (Å²) in [6.07, 6.45) is 0. The number of hydrogen-bond donors (Lipinski definition) is 2. The number of carbonyl (C=O) groups excluding carboxylic acids is 1. The molecule has 20 heavy (non-hydrogen) atoms. The molecule has 0 unspecified atom stereocenters. The van der Waals surface area contributed by atoms with Crippen LogP contribution >= 0.6 is 15.9 Å². The van der Waals surface area contributed by atoms with E-state index < -0.39 is 5.82 Å². The molecule has 0 fully saturated rings. The van der Waals surface area contributed by atoms with Crippen LogP contribution in [0.4, 0.5) is 4.39 Å². The molecule has 0 aliphatic rings. The normalized spacial score (nSPS) is 10.3. The van der Waals surface area contributed by atoms with Gasteiger partial charge in [-0.05, 0) is 29.3 Å². The Bertz CT molecular complexity index is 594. The first-order valence-corrected chi connectivity index (χ1v) is 6.90. The highest BCUT2D eigenvalue weighted by atomic mass is 79.9. The van der Waals surface area contributed by atoms with Gasteiger partial charge in [0.15, 0.2) is 0 Å². The molecule has 0 aliphatic carbocycles. The highest BCUT2D eigenvalue weighted by Gasteiger charge is 2.08. The van der Waals surface area contributed by atoms with E-state index in [1.807, 2.05) is 24.3 Å². The first kappa shape index (κ1) is 14.7. The third-order valence-electron chi connectivity index (χ3n) is 2.84. The van der Waals surface area contributed by atoms with Gasteiger partial charge in [0.05, 0.1) is 0 Å². The molecule has 104 valence electrons. The summed E-state index contributed by atoms with van der Waals surface area (Å²) in [5, 5.41) is 2.75. The van der Waals surface area contributed by atoms with Crippen LogP contribution in [-0.4, -0.2) is 5.91 Å². The number of rotatable bonds is 4. The first-order valence-electron chi connectivity index (χ1n) is 6.10. The van der Waals surface area contributed by atoms with Crippen LogP contribution in [0.2, 0.25) is 0 Å². The Morgan fingerprint density at radius 2 is 1.80 bits per heavy atom. The van der Waals surface area contributed by atoms with Gasteiger partial charge in [0, 0.05) is 23.1 Å². The van der Waals surface area contributed by atoms with E-state index >= 15 is 0 Å². The number of amides is 1. The molecule has 5 heteroatoms. The van der Waals surface area contributed by atoms with Crippen LogP contribution < -0.4 is 11.1 Å². The summed E-state index contributed by atoms with van der Waals surface area (Å²) in [7, 11) is 0. The van der Waals surface area contributed by atoms with Crippen molar-refractivity contribution in [1.29, 1.82) is 0 Å². The lowest BCUT2D eigenvalue weighted by atomic mass is 10.1. The molecular weight excluding hydrogens is 323 g/mol. The van der Waals surface area contributed by atoms with Crippen LogP contribution in [0, 0.1) is 5.82 Å². The first-order chi connectivity index (χ1) is 9.58. The molecule has 0 aromatic heterocycles. The number of nitrogens with one attached hydrogen (secondary N) is 1. The predicted molar refractivity (Wildman–Crippen MR) is 79.6 cm³/mol. The van der Waals surface area contributed by atoms with E-state index in [1.54, 1.807) is 6.07 Å².